The normalized spacial score (nSPS) is 23.2. The molecule has 2 bridgehead atoms. The van der Waals surface area contributed by atoms with Gasteiger partial charge in [0.1, 0.15) is 5.02 Å². The van der Waals surface area contributed by atoms with Crippen LogP contribution < -0.4 is 10.5 Å². The van der Waals surface area contributed by atoms with Gasteiger partial charge in [-0.3, -0.25) is 9.69 Å². The van der Waals surface area contributed by atoms with Crippen molar-refractivity contribution in [1.82, 2.24) is 14.7 Å². The smallest absolute Gasteiger partial charge is 0.287 e. The number of hydrogen-bond acceptors (Lipinski definition) is 4. The van der Waals surface area contributed by atoms with Gasteiger partial charge in [-0.2, -0.15) is 5.10 Å². The zero-order valence-electron chi connectivity index (χ0n) is 13.3. The molecule has 2 unspecified atom stereocenters. The maximum atomic E-state index is 12.0. The molecule has 3 fully saturated rings. The summed E-state index contributed by atoms with van der Waals surface area (Å²) in [6, 6.07) is 9.47. The quantitative estimate of drug-likeness (QED) is 0.781. The van der Waals surface area contributed by atoms with E-state index in [-0.39, 0.29) is 10.6 Å². The minimum absolute atomic E-state index is 0.237. The van der Waals surface area contributed by atoms with Crippen LogP contribution in [0.15, 0.2) is 39.7 Å². The van der Waals surface area contributed by atoms with Crippen molar-refractivity contribution < 1.29 is 0 Å². The number of hydrogen-bond donors (Lipinski definition) is 0. The summed E-state index contributed by atoms with van der Waals surface area (Å²) in [4.78, 5) is 16.7. The molecular weight excluding hydrogens is 392 g/mol. The molecule has 2 atom stereocenters. The van der Waals surface area contributed by atoms with E-state index in [1.807, 2.05) is 6.07 Å². The average Bonchev–Trinajstić information content (AvgIpc) is 2.58. The second kappa shape index (κ2) is 6.17. The topological polar surface area (TPSA) is 41.4 Å². The molecule has 5 nitrogen and oxygen atoms in total. The zero-order chi connectivity index (χ0) is 16.8. The highest BCUT2D eigenvalue weighted by atomic mass is 79.9. The van der Waals surface area contributed by atoms with Crippen molar-refractivity contribution in [1.29, 1.82) is 0 Å². The van der Waals surface area contributed by atoms with E-state index in [1.54, 1.807) is 13.2 Å². The van der Waals surface area contributed by atoms with Gasteiger partial charge in [-0.05, 0) is 24.1 Å². The molecule has 3 saturated heterocycles. The Labute approximate surface area is 154 Å². The number of piperidine rings is 1. The number of piperazine rings is 1. The Kier molecular flexibility index (Phi) is 4.14. The first-order valence-corrected chi connectivity index (χ1v) is 9.17. The molecule has 0 aliphatic carbocycles. The minimum atomic E-state index is -0.237. The van der Waals surface area contributed by atoms with Gasteiger partial charge in [-0.15, -0.1) is 0 Å². The molecule has 24 heavy (non-hydrogen) atoms. The Hall–Kier alpha value is -1.37. The molecule has 0 amide bonds. The maximum Gasteiger partial charge on any atom is 0.287 e. The van der Waals surface area contributed by atoms with E-state index in [2.05, 4.69) is 49.0 Å². The third-order valence-electron chi connectivity index (χ3n) is 5.00. The van der Waals surface area contributed by atoms with E-state index in [4.69, 9.17) is 11.6 Å². The summed E-state index contributed by atoms with van der Waals surface area (Å²) >= 11 is 9.78. The van der Waals surface area contributed by atoms with Crippen LogP contribution in [0.2, 0.25) is 5.02 Å². The fourth-order valence-electron chi connectivity index (χ4n) is 3.71. The van der Waals surface area contributed by atoms with E-state index in [1.165, 1.54) is 16.7 Å². The van der Waals surface area contributed by atoms with Gasteiger partial charge in [0.15, 0.2) is 0 Å². The second-order valence-electron chi connectivity index (χ2n) is 6.52. The fraction of sp³-hybridized carbons (Fsp3) is 0.412. The lowest BCUT2D eigenvalue weighted by atomic mass is 9.86. The van der Waals surface area contributed by atoms with Gasteiger partial charge in [-0.1, -0.05) is 39.7 Å². The van der Waals surface area contributed by atoms with Gasteiger partial charge in [0.25, 0.3) is 5.56 Å². The van der Waals surface area contributed by atoms with E-state index in [0.717, 1.165) is 29.8 Å². The number of nitrogens with zero attached hydrogens (tertiary/aromatic N) is 4. The number of benzene rings is 1. The lowest BCUT2D eigenvalue weighted by molar-refractivity contribution is -0.00847. The van der Waals surface area contributed by atoms with Crippen molar-refractivity contribution in [3.05, 3.63) is 55.9 Å². The average molecular weight is 410 g/mol. The third kappa shape index (κ3) is 2.76. The molecule has 2 aromatic rings. The van der Waals surface area contributed by atoms with Crippen molar-refractivity contribution in [3.8, 4) is 0 Å². The number of rotatable bonds is 3. The molecule has 0 saturated carbocycles. The van der Waals surface area contributed by atoms with Crippen molar-refractivity contribution in [2.45, 2.75) is 25.0 Å². The highest BCUT2D eigenvalue weighted by Crippen LogP contribution is 2.37. The third-order valence-corrected chi connectivity index (χ3v) is 5.85. The van der Waals surface area contributed by atoms with Gasteiger partial charge in [0, 0.05) is 43.2 Å². The molecule has 0 radical (unpaired) electrons. The van der Waals surface area contributed by atoms with Crippen molar-refractivity contribution >= 4 is 33.2 Å². The van der Waals surface area contributed by atoms with E-state index in [0.29, 0.717) is 12.1 Å². The van der Waals surface area contributed by atoms with E-state index in [9.17, 15) is 4.79 Å². The molecule has 1 aromatic heterocycles. The summed E-state index contributed by atoms with van der Waals surface area (Å²) in [5.74, 6) is 0. The molecule has 4 heterocycles. The first-order valence-electron chi connectivity index (χ1n) is 8.00. The van der Waals surface area contributed by atoms with Gasteiger partial charge in [0.05, 0.1) is 11.9 Å². The minimum Gasteiger partial charge on any atom is -0.366 e. The number of halogens is 2. The van der Waals surface area contributed by atoms with Crippen LogP contribution in [0.1, 0.15) is 12.0 Å². The van der Waals surface area contributed by atoms with Gasteiger partial charge < -0.3 is 4.90 Å². The molecule has 7 heteroatoms. The number of fused-ring (bicyclic) bond motifs is 2. The first kappa shape index (κ1) is 16.1. The summed E-state index contributed by atoms with van der Waals surface area (Å²) in [6.45, 7) is 2.74. The molecule has 5 rings (SSSR count). The summed E-state index contributed by atoms with van der Waals surface area (Å²) in [6.07, 6.45) is 2.91. The highest BCUT2D eigenvalue weighted by Gasteiger charge is 2.44. The second-order valence-corrected chi connectivity index (χ2v) is 7.82. The number of aryl methyl sites for hydroxylation is 1. The van der Waals surface area contributed by atoms with Crippen LogP contribution in [0.25, 0.3) is 0 Å². The summed E-state index contributed by atoms with van der Waals surface area (Å²) < 4.78 is 2.39. The Balaban J connectivity index is 1.49. The summed E-state index contributed by atoms with van der Waals surface area (Å²) in [7, 11) is 1.62. The SMILES string of the molecule is Cn1ncc(N2CC3CC(C2)N3Cc2cccc(Br)c2)c(Cl)c1=O. The summed E-state index contributed by atoms with van der Waals surface area (Å²) in [5.41, 5.74) is 1.84. The standard InChI is InChI=1S/C17H18BrClN4O/c1-21-17(24)16(19)15(7-20-21)22-9-13-6-14(10-22)23(13)8-11-3-2-4-12(18)5-11/h2-5,7,13-14H,6,8-10H2,1H3. The first-order chi connectivity index (χ1) is 11.5. The van der Waals surface area contributed by atoms with Crippen LogP contribution in [0.5, 0.6) is 0 Å². The maximum absolute atomic E-state index is 12.0. The van der Waals surface area contributed by atoms with Gasteiger partial charge in [-0.25, -0.2) is 4.68 Å². The highest BCUT2D eigenvalue weighted by molar-refractivity contribution is 9.10. The predicted molar refractivity (Wildman–Crippen MR) is 98.6 cm³/mol. The summed E-state index contributed by atoms with van der Waals surface area (Å²) in [5, 5.41) is 4.38. The van der Waals surface area contributed by atoms with Gasteiger partial charge >= 0.3 is 0 Å². The van der Waals surface area contributed by atoms with Crippen LogP contribution >= 0.6 is 27.5 Å². The van der Waals surface area contributed by atoms with E-state index >= 15 is 0 Å². The molecule has 0 spiro atoms. The number of anilines is 1. The molecule has 3 aliphatic heterocycles. The molecule has 1 aromatic carbocycles. The Bertz CT molecular complexity index is 828. The largest absolute Gasteiger partial charge is 0.366 e. The van der Waals surface area contributed by atoms with Crippen molar-refractivity contribution in [3.63, 3.8) is 0 Å². The Morgan fingerprint density at radius 3 is 2.79 bits per heavy atom. The van der Waals surface area contributed by atoms with Crippen LogP contribution in [0.4, 0.5) is 5.69 Å². The Morgan fingerprint density at radius 1 is 1.33 bits per heavy atom. The Morgan fingerprint density at radius 2 is 2.08 bits per heavy atom. The molecule has 3 aliphatic rings. The van der Waals surface area contributed by atoms with Crippen molar-refractivity contribution in [2.24, 2.45) is 7.05 Å². The molecule has 126 valence electrons. The van der Waals surface area contributed by atoms with Crippen molar-refractivity contribution in [2.75, 3.05) is 18.0 Å². The van der Waals surface area contributed by atoms with E-state index < -0.39 is 0 Å². The molecule has 0 N–H and O–H groups in total. The number of aromatic nitrogens is 2. The lowest BCUT2D eigenvalue weighted by Gasteiger charge is -2.57. The van der Waals surface area contributed by atoms with Crippen LogP contribution in [-0.2, 0) is 13.6 Å². The predicted octanol–water partition coefficient (Wildman–Crippen LogP) is 2.66. The van der Waals surface area contributed by atoms with Crippen LogP contribution in [-0.4, -0.2) is 39.9 Å². The zero-order valence-corrected chi connectivity index (χ0v) is 15.7. The van der Waals surface area contributed by atoms with Crippen LogP contribution in [0.3, 0.4) is 0 Å². The lowest BCUT2D eigenvalue weighted by Crippen LogP contribution is -2.68. The monoisotopic (exact) mass is 408 g/mol. The molecular formula is C17H18BrClN4O. The van der Waals surface area contributed by atoms with Gasteiger partial charge in [0.2, 0.25) is 0 Å². The van der Waals surface area contributed by atoms with Crippen LogP contribution in [0, 0.1) is 0 Å². The fourth-order valence-corrected chi connectivity index (χ4v) is 4.45.